The summed E-state index contributed by atoms with van der Waals surface area (Å²) in [5.41, 5.74) is 2.18. The number of fused-ring (bicyclic) bond motifs is 1. The number of rotatable bonds is 7. The Bertz CT molecular complexity index is 1580. The van der Waals surface area contributed by atoms with E-state index in [1.807, 2.05) is 13.8 Å². The summed E-state index contributed by atoms with van der Waals surface area (Å²) < 4.78 is 25.4. The molecule has 0 spiro atoms. The molecule has 9 heteroatoms. The second kappa shape index (κ2) is 10.3. The van der Waals surface area contributed by atoms with Crippen LogP contribution < -0.4 is 14.4 Å². The normalized spacial score (nSPS) is 16.8. The molecule has 1 fully saturated rings. The topological polar surface area (TPSA) is 89.0 Å². The summed E-state index contributed by atoms with van der Waals surface area (Å²) in [4.78, 5) is 32.6. The van der Waals surface area contributed by atoms with E-state index in [1.54, 1.807) is 42.5 Å². The van der Waals surface area contributed by atoms with E-state index in [0.717, 1.165) is 23.3 Å². The molecule has 1 aliphatic heterocycles. The number of Topliss-reactive ketones (excluding diaryl/α,β-unsaturated/α-hetero) is 1. The Hall–Kier alpha value is -4.24. The van der Waals surface area contributed by atoms with Crippen molar-refractivity contribution in [1.82, 2.24) is 4.98 Å². The van der Waals surface area contributed by atoms with Crippen LogP contribution in [-0.2, 0) is 9.59 Å². The van der Waals surface area contributed by atoms with Gasteiger partial charge < -0.3 is 14.6 Å². The predicted octanol–water partition coefficient (Wildman–Crippen LogP) is 6.17. The van der Waals surface area contributed by atoms with Gasteiger partial charge in [0.05, 0.1) is 35.5 Å². The third-order valence-electron chi connectivity index (χ3n) is 6.33. The molecule has 38 heavy (non-hydrogen) atoms. The molecule has 0 aliphatic carbocycles. The SMILES string of the molecule is CCCOc1ccc(/C(O)=C2\C(=O)C(=O)N(c3nc4ccc(F)cc4s3)C2c2ccc(OC)cc2)cc1C. The third-order valence-corrected chi connectivity index (χ3v) is 7.35. The third kappa shape index (κ3) is 4.50. The van der Waals surface area contributed by atoms with Crippen LogP contribution >= 0.6 is 11.3 Å². The molecule has 1 saturated heterocycles. The molecule has 1 N–H and O–H groups in total. The Kier molecular flexibility index (Phi) is 6.86. The van der Waals surface area contributed by atoms with Gasteiger partial charge in [-0.05, 0) is 73.0 Å². The molecule has 3 aromatic carbocycles. The summed E-state index contributed by atoms with van der Waals surface area (Å²) in [5, 5.41) is 11.6. The molecule has 0 radical (unpaired) electrons. The van der Waals surface area contributed by atoms with Gasteiger partial charge in [-0.1, -0.05) is 30.4 Å². The van der Waals surface area contributed by atoms with Gasteiger partial charge in [0.2, 0.25) is 0 Å². The molecule has 5 rings (SSSR count). The lowest BCUT2D eigenvalue weighted by Crippen LogP contribution is -2.29. The maximum absolute atomic E-state index is 13.8. The van der Waals surface area contributed by atoms with Crippen molar-refractivity contribution in [1.29, 1.82) is 0 Å². The van der Waals surface area contributed by atoms with E-state index in [4.69, 9.17) is 9.47 Å². The van der Waals surface area contributed by atoms with Crippen molar-refractivity contribution >= 4 is 44.1 Å². The van der Waals surface area contributed by atoms with E-state index in [-0.39, 0.29) is 16.5 Å². The van der Waals surface area contributed by atoms with Gasteiger partial charge in [-0.15, -0.1) is 0 Å². The molecular formula is C29H25FN2O5S. The smallest absolute Gasteiger partial charge is 0.301 e. The second-order valence-corrected chi connectivity index (χ2v) is 9.89. The van der Waals surface area contributed by atoms with Crippen molar-refractivity contribution in [3.63, 3.8) is 0 Å². The largest absolute Gasteiger partial charge is 0.507 e. The minimum absolute atomic E-state index is 0.0627. The fourth-order valence-corrected chi connectivity index (χ4v) is 5.46. The molecule has 2 heterocycles. The molecule has 1 aliphatic rings. The number of aliphatic hydroxyl groups excluding tert-OH is 1. The number of carbonyl (C=O) groups excluding carboxylic acids is 2. The zero-order valence-electron chi connectivity index (χ0n) is 21.0. The van der Waals surface area contributed by atoms with Crippen LogP contribution in [0.5, 0.6) is 11.5 Å². The van der Waals surface area contributed by atoms with E-state index in [0.29, 0.717) is 39.4 Å². The maximum Gasteiger partial charge on any atom is 0.301 e. The van der Waals surface area contributed by atoms with Crippen molar-refractivity contribution in [3.05, 3.63) is 88.7 Å². The van der Waals surface area contributed by atoms with Crippen LogP contribution in [0.2, 0.25) is 0 Å². The average molecular weight is 533 g/mol. The Morgan fingerprint density at radius 2 is 1.87 bits per heavy atom. The molecular weight excluding hydrogens is 507 g/mol. The minimum Gasteiger partial charge on any atom is -0.507 e. The first-order valence-corrected chi connectivity index (χ1v) is 12.9. The van der Waals surface area contributed by atoms with Crippen LogP contribution in [0.1, 0.15) is 36.1 Å². The first-order chi connectivity index (χ1) is 18.3. The highest BCUT2D eigenvalue weighted by atomic mass is 32.1. The number of hydrogen-bond donors (Lipinski definition) is 1. The molecule has 1 atom stereocenters. The monoisotopic (exact) mass is 532 g/mol. The van der Waals surface area contributed by atoms with Crippen molar-refractivity contribution in [2.24, 2.45) is 0 Å². The summed E-state index contributed by atoms with van der Waals surface area (Å²) in [7, 11) is 1.54. The van der Waals surface area contributed by atoms with Gasteiger partial charge in [0.1, 0.15) is 23.1 Å². The zero-order chi connectivity index (χ0) is 27.0. The van der Waals surface area contributed by atoms with E-state index < -0.39 is 23.5 Å². The molecule has 1 unspecified atom stereocenters. The number of ether oxygens (including phenoxy) is 2. The van der Waals surface area contributed by atoms with Crippen molar-refractivity contribution in [2.75, 3.05) is 18.6 Å². The number of amides is 1. The Labute approximate surface area is 222 Å². The van der Waals surface area contributed by atoms with E-state index in [9.17, 15) is 19.1 Å². The van der Waals surface area contributed by atoms with Crippen LogP contribution in [0, 0.1) is 12.7 Å². The van der Waals surface area contributed by atoms with Gasteiger partial charge in [-0.25, -0.2) is 9.37 Å². The first-order valence-electron chi connectivity index (χ1n) is 12.1. The van der Waals surface area contributed by atoms with Crippen molar-refractivity contribution in [2.45, 2.75) is 26.3 Å². The molecule has 194 valence electrons. The molecule has 0 saturated carbocycles. The van der Waals surface area contributed by atoms with E-state index in [2.05, 4.69) is 4.98 Å². The number of carbonyl (C=O) groups is 2. The van der Waals surface area contributed by atoms with E-state index in [1.165, 1.54) is 30.2 Å². The molecule has 1 aromatic heterocycles. The molecule has 7 nitrogen and oxygen atoms in total. The number of anilines is 1. The highest BCUT2D eigenvalue weighted by molar-refractivity contribution is 7.22. The molecule has 1 amide bonds. The van der Waals surface area contributed by atoms with Gasteiger partial charge in [-0.3, -0.25) is 14.5 Å². The van der Waals surface area contributed by atoms with Gasteiger partial charge in [0.15, 0.2) is 5.13 Å². The Balaban J connectivity index is 1.67. The number of hydrogen-bond acceptors (Lipinski definition) is 7. The molecule has 0 bridgehead atoms. The second-order valence-electron chi connectivity index (χ2n) is 8.88. The van der Waals surface area contributed by atoms with Gasteiger partial charge >= 0.3 is 5.91 Å². The summed E-state index contributed by atoms with van der Waals surface area (Å²) in [6, 6.07) is 15.2. The van der Waals surface area contributed by atoms with Gasteiger partial charge in [0, 0.05) is 5.56 Å². The summed E-state index contributed by atoms with van der Waals surface area (Å²) in [5.74, 6) is -1.12. The quantitative estimate of drug-likeness (QED) is 0.174. The van der Waals surface area contributed by atoms with E-state index >= 15 is 0 Å². The number of ketones is 1. The van der Waals surface area contributed by atoms with Crippen LogP contribution in [0.3, 0.4) is 0 Å². The number of methoxy groups -OCH3 is 1. The standard InChI is InChI=1S/C29H25FN2O5S/c1-4-13-37-22-12-7-18(14-16(22)2)26(33)24-25(17-5-9-20(36-3)10-6-17)32(28(35)27(24)34)29-31-21-11-8-19(30)15-23(21)38-29/h5-12,14-15,25,33H,4,13H2,1-3H3/b26-24+. The first kappa shape index (κ1) is 25.4. The van der Waals surface area contributed by atoms with Gasteiger partial charge in [-0.2, -0.15) is 0 Å². The fraction of sp³-hybridized carbons (Fsp3) is 0.207. The van der Waals surface area contributed by atoms with Crippen LogP contribution in [0.15, 0.2) is 66.2 Å². The molecule has 4 aromatic rings. The Morgan fingerprint density at radius 3 is 2.55 bits per heavy atom. The van der Waals surface area contributed by atoms with Gasteiger partial charge in [0.25, 0.3) is 5.78 Å². The lowest BCUT2D eigenvalue weighted by atomic mass is 9.95. The number of thiazole rings is 1. The summed E-state index contributed by atoms with van der Waals surface area (Å²) >= 11 is 1.10. The maximum atomic E-state index is 13.8. The van der Waals surface area contributed by atoms with Crippen LogP contribution in [0.25, 0.3) is 16.0 Å². The summed E-state index contributed by atoms with van der Waals surface area (Å²) in [6.07, 6.45) is 0.852. The van der Waals surface area contributed by atoms with Crippen molar-refractivity contribution in [3.8, 4) is 11.5 Å². The Morgan fingerprint density at radius 1 is 1.11 bits per heavy atom. The minimum atomic E-state index is -0.956. The van der Waals surface area contributed by atoms with Crippen LogP contribution in [0.4, 0.5) is 9.52 Å². The predicted molar refractivity (Wildman–Crippen MR) is 144 cm³/mol. The van der Waals surface area contributed by atoms with Crippen molar-refractivity contribution < 1.29 is 28.6 Å². The zero-order valence-corrected chi connectivity index (χ0v) is 21.8. The number of benzene rings is 3. The highest BCUT2D eigenvalue weighted by Crippen LogP contribution is 2.44. The highest BCUT2D eigenvalue weighted by Gasteiger charge is 2.48. The number of aryl methyl sites for hydroxylation is 1. The lowest BCUT2D eigenvalue weighted by Gasteiger charge is -2.23. The number of nitrogens with zero attached hydrogens (tertiary/aromatic N) is 2. The fourth-order valence-electron chi connectivity index (χ4n) is 4.45. The summed E-state index contributed by atoms with van der Waals surface area (Å²) in [6.45, 7) is 4.41. The lowest BCUT2D eigenvalue weighted by molar-refractivity contribution is -0.132. The number of halogens is 1. The average Bonchev–Trinajstić information content (AvgIpc) is 3.45. The number of aliphatic hydroxyl groups is 1. The number of aromatic nitrogens is 1. The van der Waals surface area contributed by atoms with Crippen LogP contribution in [-0.4, -0.2) is 35.5 Å².